The summed E-state index contributed by atoms with van der Waals surface area (Å²) in [6.45, 7) is 8.94. The van der Waals surface area contributed by atoms with Crippen LogP contribution in [0.4, 0.5) is 0 Å². The van der Waals surface area contributed by atoms with Gasteiger partial charge in [0.1, 0.15) is 0 Å². The van der Waals surface area contributed by atoms with Crippen LogP contribution in [0.25, 0.3) is 0 Å². The summed E-state index contributed by atoms with van der Waals surface area (Å²) in [6, 6.07) is 0. The molecule has 28 heavy (non-hydrogen) atoms. The molecule has 4 rings (SSSR count). The number of hydrogen-bond acceptors (Lipinski definition) is 4. The number of fused-ring (bicyclic) bond motifs is 3. The molecule has 1 aliphatic heterocycles. The molecule has 1 saturated heterocycles. The summed E-state index contributed by atoms with van der Waals surface area (Å²) in [5.41, 5.74) is 2.89. The summed E-state index contributed by atoms with van der Waals surface area (Å²) >= 11 is 0. The Kier molecular flexibility index (Phi) is 6.02. The molecule has 4 atom stereocenters. The highest BCUT2D eigenvalue weighted by Crippen LogP contribution is 2.59. The monoisotopic (exact) mass is 390 g/mol. The van der Waals surface area contributed by atoms with Crippen molar-refractivity contribution in [2.24, 2.45) is 17.3 Å². The van der Waals surface area contributed by atoms with E-state index in [-0.39, 0.29) is 5.41 Å². The Hall–Kier alpha value is -0.710. The number of ketones is 1. The topological polar surface area (TPSA) is 44.8 Å². The zero-order valence-corrected chi connectivity index (χ0v) is 18.1. The molecule has 4 nitrogen and oxygen atoms in total. The maximum atomic E-state index is 12.8. The van der Waals surface area contributed by atoms with E-state index in [0.29, 0.717) is 36.9 Å². The van der Waals surface area contributed by atoms with Crippen LogP contribution >= 0.6 is 0 Å². The summed E-state index contributed by atoms with van der Waals surface area (Å²) in [6.07, 6.45) is 10.8. The summed E-state index contributed by atoms with van der Waals surface area (Å²) in [5.74, 6) is 1.14. The van der Waals surface area contributed by atoms with Gasteiger partial charge in [0.05, 0.1) is 19.3 Å². The Labute approximate surface area is 170 Å². The normalized spacial score (nSPS) is 37.2. The van der Waals surface area contributed by atoms with E-state index in [1.807, 2.05) is 6.92 Å². The number of allylic oxidation sites excluding steroid dienone is 2. The molecule has 0 radical (unpaired) electrons. The van der Waals surface area contributed by atoms with Gasteiger partial charge >= 0.3 is 0 Å². The second-order valence-corrected chi connectivity index (χ2v) is 9.81. The molecular formula is C24H38O4. The number of rotatable bonds is 7. The van der Waals surface area contributed by atoms with Crippen molar-refractivity contribution in [2.45, 2.75) is 96.9 Å². The molecule has 0 aromatic carbocycles. The van der Waals surface area contributed by atoms with Crippen LogP contribution in [0.1, 0.15) is 85.0 Å². The molecular weight excluding hydrogens is 352 g/mol. The van der Waals surface area contributed by atoms with Crippen LogP contribution < -0.4 is 0 Å². The minimum Gasteiger partial charge on any atom is -0.378 e. The van der Waals surface area contributed by atoms with Gasteiger partial charge in [-0.1, -0.05) is 25.8 Å². The molecule has 0 N–H and O–H groups in total. The van der Waals surface area contributed by atoms with E-state index in [0.717, 1.165) is 50.7 Å². The van der Waals surface area contributed by atoms with Gasteiger partial charge in [-0.15, -0.1) is 0 Å². The van der Waals surface area contributed by atoms with E-state index < -0.39 is 5.79 Å². The summed E-state index contributed by atoms with van der Waals surface area (Å²) in [4.78, 5) is 12.8. The van der Waals surface area contributed by atoms with Crippen LogP contribution in [0, 0.1) is 17.3 Å². The van der Waals surface area contributed by atoms with Crippen molar-refractivity contribution in [1.82, 2.24) is 0 Å². The van der Waals surface area contributed by atoms with Crippen molar-refractivity contribution in [3.8, 4) is 0 Å². The predicted octanol–water partition coefficient (Wildman–Crippen LogP) is 5.20. The lowest BCUT2D eigenvalue weighted by Gasteiger charge is -2.48. The van der Waals surface area contributed by atoms with Gasteiger partial charge in [-0.05, 0) is 74.7 Å². The standard InChI is InChI=1S/C24H38O4/c1-4-5-14-26-22-9-7-20-18-6-8-21(25)19(17(18)10-12-23(20,22)2)11-13-24(3)27-15-16-28-24/h18,20,22H,4-16H2,1-3H3/t18?,20?,22-,23-/m1/s1. The van der Waals surface area contributed by atoms with Crippen LogP contribution in [0.2, 0.25) is 0 Å². The number of ether oxygens (including phenoxy) is 3. The first-order valence-corrected chi connectivity index (χ1v) is 11.6. The molecule has 0 aromatic heterocycles. The van der Waals surface area contributed by atoms with Crippen molar-refractivity contribution < 1.29 is 19.0 Å². The lowest BCUT2D eigenvalue weighted by atomic mass is 9.58. The Morgan fingerprint density at radius 1 is 1.11 bits per heavy atom. The molecule has 4 heteroatoms. The Bertz CT molecular complexity index is 618. The lowest BCUT2D eigenvalue weighted by molar-refractivity contribution is -0.146. The molecule has 1 heterocycles. The van der Waals surface area contributed by atoms with E-state index in [2.05, 4.69) is 13.8 Å². The first-order chi connectivity index (χ1) is 13.5. The average molecular weight is 391 g/mol. The van der Waals surface area contributed by atoms with Crippen LogP contribution in [0.15, 0.2) is 11.1 Å². The van der Waals surface area contributed by atoms with Crippen LogP contribution in [-0.2, 0) is 19.0 Å². The maximum absolute atomic E-state index is 12.8. The second kappa shape index (κ2) is 8.20. The Morgan fingerprint density at radius 3 is 2.64 bits per heavy atom. The third-order valence-corrected chi connectivity index (χ3v) is 8.14. The fraction of sp³-hybridized carbons (Fsp3) is 0.875. The maximum Gasteiger partial charge on any atom is 0.166 e. The van der Waals surface area contributed by atoms with Gasteiger partial charge in [0.2, 0.25) is 0 Å². The fourth-order valence-corrected chi connectivity index (χ4v) is 6.43. The third-order valence-electron chi connectivity index (χ3n) is 8.14. The first-order valence-electron chi connectivity index (χ1n) is 11.6. The molecule has 158 valence electrons. The second-order valence-electron chi connectivity index (χ2n) is 9.81. The number of unbranched alkanes of at least 4 members (excludes halogenated alkanes) is 1. The van der Waals surface area contributed by atoms with Gasteiger partial charge in [-0.2, -0.15) is 0 Å². The zero-order chi connectivity index (χ0) is 19.8. The van der Waals surface area contributed by atoms with Gasteiger partial charge in [-0.3, -0.25) is 4.79 Å². The number of Topliss-reactive ketones (excluding diaryl/α,β-unsaturated/α-hetero) is 1. The van der Waals surface area contributed by atoms with E-state index in [9.17, 15) is 4.79 Å². The first kappa shape index (κ1) is 20.6. The fourth-order valence-electron chi connectivity index (χ4n) is 6.43. The third kappa shape index (κ3) is 3.73. The van der Waals surface area contributed by atoms with Gasteiger partial charge in [0.25, 0.3) is 0 Å². The van der Waals surface area contributed by atoms with Crippen LogP contribution in [0.3, 0.4) is 0 Å². The molecule has 0 amide bonds. The number of hydrogen-bond donors (Lipinski definition) is 0. The van der Waals surface area contributed by atoms with Crippen molar-refractivity contribution in [1.29, 1.82) is 0 Å². The molecule has 3 fully saturated rings. The highest BCUT2D eigenvalue weighted by molar-refractivity contribution is 5.97. The van der Waals surface area contributed by atoms with Crippen molar-refractivity contribution in [3.05, 3.63) is 11.1 Å². The van der Waals surface area contributed by atoms with Gasteiger partial charge in [0.15, 0.2) is 11.6 Å². The predicted molar refractivity (Wildman–Crippen MR) is 109 cm³/mol. The largest absolute Gasteiger partial charge is 0.378 e. The van der Waals surface area contributed by atoms with Gasteiger partial charge < -0.3 is 14.2 Å². The zero-order valence-electron chi connectivity index (χ0n) is 18.1. The van der Waals surface area contributed by atoms with E-state index >= 15 is 0 Å². The minimum atomic E-state index is -0.504. The summed E-state index contributed by atoms with van der Waals surface area (Å²) in [7, 11) is 0. The van der Waals surface area contributed by atoms with E-state index in [1.54, 1.807) is 0 Å². The van der Waals surface area contributed by atoms with E-state index in [1.165, 1.54) is 31.3 Å². The van der Waals surface area contributed by atoms with E-state index in [4.69, 9.17) is 14.2 Å². The van der Waals surface area contributed by atoms with Crippen molar-refractivity contribution in [3.63, 3.8) is 0 Å². The molecule has 2 unspecified atom stereocenters. The molecule has 2 saturated carbocycles. The Morgan fingerprint density at radius 2 is 1.89 bits per heavy atom. The summed E-state index contributed by atoms with van der Waals surface area (Å²) in [5, 5.41) is 0. The average Bonchev–Trinajstić information content (AvgIpc) is 3.25. The van der Waals surface area contributed by atoms with Gasteiger partial charge in [0, 0.05) is 19.4 Å². The van der Waals surface area contributed by atoms with Crippen molar-refractivity contribution in [2.75, 3.05) is 19.8 Å². The number of carbonyl (C=O) groups excluding carboxylic acids is 1. The van der Waals surface area contributed by atoms with Crippen LogP contribution in [-0.4, -0.2) is 37.5 Å². The minimum absolute atomic E-state index is 0.289. The van der Waals surface area contributed by atoms with Crippen LogP contribution in [0.5, 0.6) is 0 Å². The summed E-state index contributed by atoms with van der Waals surface area (Å²) < 4.78 is 17.9. The smallest absolute Gasteiger partial charge is 0.166 e. The van der Waals surface area contributed by atoms with Gasteiger partial charge in [-0.25, -0.2) is 0 Å². The molecule has 4 aliphatic rings. The quantitative estimate of drug-likeness (QED) is 0.561. The lowest BCUT2D eigenvalue weighted by Crippen LogP contribution is -2.43. The molecule has 3 aliphatic carbocycles. The number of carbonyl (C=O) groups is 1. The molecule has 0 aromatic rings. The molecule has 0 bridgehead atoms. The van der Waals surface area contributed by atoms with Crippen molar-refractivity contribution >= 4 is 5.78 Å². The molecule has 0 spiro atoms. The Balaban J connectivity index is 1.49. The highest BCUT2D eigenvalue weighted by Gasteiger charge is 2.54. The SMILES string of the molecule is CCCCO[C@@H]1CCC2C3CCC(=O)C(CCC4(C)OCCO4)=C3CC[C@]21C. The highest BCUT2D eigenvalue weighted by atomic mass is 16.7.